The Hall–Kier alpha value is -0.600. The van der Waals surface area contributed by atoms with Crippen LogP contribution >= 0.6 is 11.6 Å². The Bertz CT molecular complexity index is 408. The zero-order chi connectivity index (χ0) is 13.7. The molecule has 106 valence electrons. The zero-order valence-electron chi connectivity index (χ0n) is 11.6. The molecule has 0 bridgehead atoms. The molecule has 2 atom stereocenters. The number of hydrogen-bond acceptors (Lipinski definition) is 1. The summed E-state index contributed by atoms with van der Waals surface area (Å²) >= 11 is 5.73. The summed E-state index contributed by atoms with van der Waals surface area (Å²) in [5.74, 6) is 1.52. The largest absolute Gasteiger partial charge is 0.313 e. The van der Waals surface area contributed by atoms with Gasteiger partial charge in [-0.15, -0.1) is 0 Å². The average Bonchev–Trinajstić information content (AvgIpc) is 2.37. The Morgan fingerprint density at radius 3 is 2.95 bits per heavy atom. The van der Waals surface area contributed by atoms with Gasteiger partial charge in [-0.3, -0.25) is 0 Å². The van der Waals surface area contributed by atoms with Gasteiger partial charge < -0.3 is 5.32 Å². The first-order chi connectivity index (χ1) is 9.15. The van der Waals surface area contributed by atoms with Crippen LogP contribution in [0.1, 0.15) is 44.6 Å². The number of benzene rings is 1. The third-order valence-corrected chi connectivity index (χ3v) is 4.34. The van der Waals surface area contributed by atoms with Crippen molar-refractivity contribution in [2.45, 2.75) is 45.6 Å². The molecule has 0 amide bonds. The van der Waals surface area contributed by atoms with Crippen molar-refractivity contribution >= 4 is 11.6 Å². The minimum atomic E-state index is -0.216. The molecule has 1 saturated carbocycles. The lowest BCUT2D eigenvalue weighted by molar-refractivity contribution is 0.267. The number of rotatable bonds is 5. The summed E-state index contributed by atoms with van der Waals surface area (Å²) in [6.45, 7) is 3.91. The maximum atomic E-state index is 13.6. The molecule has 1 aromatic carbocycles. The lowest BCUT2D eigenvalue weighted by Crippen LogP contribution is -2.21. The molecular weight excluding hydrogens is 261 g/mol. The van der Waals surface area contributed by atoms with Crippen molar-refractivity contribution in [3.05, 3.63) is 34.6 Å². The maximum absolute atomic E-state index is 13.6. The van der Waals surface area contributed by atoms with Crippen LogP contribution in [0.3, 0.4) is 0 Å². The summed E-state index contributed by atoms with van der Waals surface area (Å²) in [6, 6.07) is 4.87. The SMILES string of the molecule is CC1CCCC(CCNCc2ccc(Cl)cc2F)C1. The number of halogens is 2. The fraction of sp³-hybridized carbons (Fsp3) is 0.625. The highest BCUT2D eigenvalue weighted by atomic mass is 35.5. The molecule has 0 spiro atoms. The van der Waals surface area contributed by atoms with Crippen LogP contribution in [0, 0.1) is 17.7 Å². The van der Waals surface area contributed by atoms with Crippen molar-refractivity contribution in [3.8, 4) is 0 Å². The number of nitrogens with one attached hydrogen (secondary N) is 1. The molecule has 19 heavy (non-hydrogen) atoms. The second-order valence-corrected chi connectivity index (χ2v) is 6.28. The summed E-state index contributed by atoms with van der Waals surface area (Å²) in [5, 5.41) is 3.80. The third kappa shape index (κ3) is 4.77. The van der Waals surface area contributed by atoms with Gasteiger partial charge in [-0.05, 0) is 43.4 Å². The Morgan fingerprint density at radius 1 is 1.37 bits per heavy atom. The van der Waals surface area contributed by atoms with Gasteiger partial charge in [-0.2, -0.15) is 0 Å². The topological polar surface area (TPSA) is 12.0 Å². The first-order valence-corrected chi connectivity index (χ1v) is 7.67. The van der Waals surface area contributed by atoms with Gasteiger partial charge in [-0.25, -0.2) is 4.39 Å². The molecule has 1 nitrogen and oxygen atoms in total. The predicted molar refractivity (Wildman–Crippen MR) is 78.9 cm³/mol. The monoisotopic (exact) mass is 283 g/mol. The molecule has 1 N–H and O–H groups in total. The molecule has 3 heteroatoms. The van der Waals surface area contributed by atoms with E-state index in [4.69, 9.17) is 11.6 Å². The molecule has 2 rings (SSSR count). The van der Waals surface area contributed by atoms with Crippen molar-refractivity contribution in [2.24, 2.45) is 11.8 Å². The van der Waals surface area contributed by atoms with E-state index < -0.39 is 0 Å². The summed E-state index contributed by atoms with van der Waals surface area (Å²) in [5.41, 5.74) is 0.696. The van der Waals surface area contributed by atoms with Gasteiger partial charge in [0.15, 0.2) is 0 Å². The quantitative estimate of drug-likeness (QED) is 0.767. The third-order valence-electron chi connectivity index (χ3n) is 4.10. The summed E-state index contributed by atoms with van der Waals surface area (Å²) in [6.07, 6.45) is 6.69. The molecule has 0 aromatic heterocycles. The van der Waals surface area contributed by atoms with E-state index in [2.05, 4.69) is 12.2 Å². The van der Waals surface area contributed by atoms with Crippen LogP contribution in [0.5, 0.6) is 0 Å². The van der Waals surface area contributed by atoms with Gasteiger partial charge in [0.2, 0.25) is 0 Å². The fourth-order valence-corrected chi connectivity index (χ4v) is 3.17. The molecule has 0 heterocycles. The Labute approximate surface area is 120 Å². The van der Waals surface area contributed by atoms with Gasteiger partial charge in [-0.1, -0.05) is 43.9 Å². The van der Waals surface area contributed by atoms with E-state index in [1.54, 1.807) is 12.1 Å². The molecular formula is C16H23ClFN. The van der Waals surface area contributed by atoms with Gasteiger partial charge in [0.1, 0.15) is 5.82 Å². The highest BCUT2D eigenvalue weighted by molar-refractivity contribution is 6.30. The van der Waals surface area contributed by atoms with Crippen molar-refractivity contribution in [3.63, 3.8) is 0 Å². The van der Waals surface area contributed by atoms with Gasteiger partial charge in [0.25, 0.3) is 0 Å². The first-order valence-electron chi connectivity index (χ1n) is 7.30. The van der Waals surface area contributed by atoms with E-state index in [-0.39, 0.29) is 5.82 Å². The Morgan fingerprint density at radius 2 is 2.21 bits per heavy atom. The summed E-state index contributed by atoms with van der Waals surface area (Å²) in [4.78, 5) is 0. The predicted octanol–water partition coefficient (Wildman–Crippen LogP) is 4.79. The zero-order valence-corrected chi connectivity index (χ0v) is 12.3. The molecule has 0 radical (unpaired) electrons. The van der Waals surface area contributed by atoms with E-state index in [0.717, 1.165) is 18.4 Å². The van der Waals surface area contributed by atoms with Crippen LogP contribution in [-0.2, 0) is 6.54 Å². The highest BCUT2D eigenvalue weighted by Crippen LogP contribution is 2.30. The van der Waals surface area contributed by atoms with Crippen LogP contribution in [-0.4, -0.2) is 6.54 Å². The van der Waals surface area contributed by atoms with Crippen molar-refractivity contribution in [1.82, 2.24) is 5.32 Å². The lowest BCUT2D eigenvalue weighted by atomic mass is 9.81. The molecule has 2 unspecified atom stereocenters. The second kappa shape index (κ2) is 7.25. The second-order valence-electron chi connectivity index (χ2n) is 5.84. The van der Waals surface area contributed by atoms with E-state index in [1.807, 2.05) is 0 Å². The van der Waals surface area contributed by atoms with Crippen LogP contribution in [0.15, 0.2) is 18.2 Å². The van der Waals surface area contributed by atoms with Gasteiger partial charge in [0.05, 0.1) is 0 Å². The van der Waals surface area contributed by atoms with Crippen molar-refractivity contribution in [2.75, 3.05) is 6.54 Å². The lowest BCUT2D eigenvalue weighted by Gasteiger charge is -2.26. The van der Waals surface area contributed by atoms with Crippen molar-refractivity contribution < 1.29 is 4.39 Å². The van der Waals surface area contributed by atoms with Gasteiger partial charge in [0, 0.05) is 17.1 Å². The van der Waals surface area contributed by atoms with Gasteiger partial charge >= 0.3 is 0 Å². The fourth-order valence-electron chi connectivity index (χ4n) is 3.02. The summed E-state index contributed by atoms with van der Waals surface area (Å²) < 4.78 is 13.6. The van der Waals surface area contributed by atoms with Crippen LogP contribution in [0.25, 0.3) is 0 Å². The molecule has 1 aromatic rings. The van der Waals surface area contributed by atoms with E-state index in [0.29, 0.717) is 17.1 Å². The Kier molecular flexibility index (Phi) is 5.65. The van der Waals surface area contributed by atoms with E-state index in [1.165, 1.54) is 38.2 Å². The number of hydrogen-bond donors (Lipinski definition) is 1. The minimum absolute atomic E-state index is 0.216. The van der Waals surface area contributed by atoms with Crippen molar-refractivity contribution in [1.29, 1.82) is 0 Å². The summed E-state index contributed by atoms with van der Waals surface area (Å²) in [7, 11) is 0. The average molecular weight is 284 g/mol. The molecule has 1 aliphatic rings. The van der Waals surface area contributed by atoms with Crippen LogP contribution in [0.2, 0.25) is 5.02 Å². The van der Waals surface area contributed by atoms with Crippen LogP contribution in [0.4, 0.5) is 4.39 Å². The normalized spacial score (nSPS) is 23.5. The molecule has 1 fully saturated rings. The maximum Gasteiger partial charge on any atom is 0.129 e. The minimum Gasteiger partial charge on any atom is -0.313 e. The highest BCUT2D eigenvalue weighted by Gasteiger charge is 2.18. The molecule has 0 saturated heterocycles. The standard InChI is InChI=1S/C16H23ClFN/c1-12-3-2-4-13(9-12)7-8-19-11-14-5-6-15(17)10-16(14)18/h5-6,10,12-13,19H,2-4,7-9,11H2,1H3. The smallest absolute Gasteiger partial charge is 0.129 e. The van der Waals surface area contributed by atoms with Crippen LogP contribution < -0.4 is 5.32 Å². The first kappa shape index (κ1) is 14.8. The van der Waals surface area contributed by atoms with E-state index in [9.17, 15) is 4.39 Å². The molecule has 0 aliphatic heterocycles. The van der Waals surface area contributed by atoms with E-state index >= 15 is 0 Å². The Balaban J connectivity index is 1.69. The molecule has 1 aliphatic carbocycles.